The lowest BCUT2D eigenvalue weighted by molar-refractivity contribution is -0.139. The summed E-state index contributed by atoms with van der Waals surface area (Å²) in [6.45, 7) is 5.80. The Balaban J connectivity index is 2.32. The van der Waals surface area contributed by atoms with E-state index in [1.165, 1.54) is 12.8 Å². The first-order chi connectivity index (χ1) is 9.28. The largest absolute Gasteiger partial charge is 0.480 e. The van der Waals surface area contributed by atoms with Crippen molar-refractivity contribution in [3.63, 3.8) is 0 Å². The second-order valence-electron chi connectivity index (χ2n) is 6.26. The van der Waals surface area contributed by atoms with Crippen LogP contribution in [0.2, 0.25) is 0 Å². The summed E-state index contributed by atoms with van der Waals surface area (Å²) in [5, 5.41) is 14.8. The summed E-state index contributed by atoms with van der Waals surface area (Å²) in [7, 11) is 0. The number of carboxylic acid groups (broad SMARTS) is 1. The maximum atomic E-state index is 11.6. The summed E-state index contributed by atoms with van der Waals surface area (Å²) >= 11 is 0. The van der Waals surface area contributed by atoms with Gasteiger partial charge in [0.15, 0.2) is 0 Å². The minimum Gasteiger partial charge on any atom is -0.480 e. The number of carbonyl (C=O) groups excluding carboxylic acids is 1. The Kier molecular flexibility index (Phi) is 6.26. The Morgan fingerprint density at radius 3 is 2.40 bits per heavy atom. The van der Waals surface area contributed by atoms with Gasteiger partial charge in [-0.25, -0.2) is 9.59 Å². The van der Waals surface area contributed by atoms with E-state index in [0.29, 0.717) is 19.0 Å². The first-order valence-corrected chi connectivity index (χ1v) is 7.23. The van der Waals surface area contributed by atoms with Gasteiger partial charge in [0, 0.05) is 6.04 Å². The Bertz CT molecular complexity index is 333. The quantitative estimate of drug-likeness (QED) is 0.694. The van der Waals surface area contributed by atoms with Crippen molar-refractivity contribution in [2.45, 2.75) is 70.6 Å². The van der Waals surface area contributed by atoms with Crippen LogP contribution in [0, 0.1) is 0 Å². The van der Waals surface area contributed by atoms with Gasteiger partial charge in [0.2, 0.25) is 0 Å². The predicted octanol–water partition coefficient (Wildman–Crippen LogP) is 1.89. The van der Waals surface area contributed by atoms with Crippen LogP contribution in [0.5, 0.6) is 0 Å². The van der Waals surface area contributed by atoms with Crippen LogP contribution in [0.1, 0.15) is 52.9 Å². The molecule has 0 unspecified atom stereocenters. The standard InChI is InChI=1S/C14H26N2O4/c1-14(2,3)20-13(19)16-11(12(17)18)8-9-15-10-6-4-5-7-10/h10-11,15H,4-9H2,1-3H3,(H,16,19)(H,17,18)/t11-/m0/s1. The summed E-state index contributed by atoms with van der Waals surface area (Å²) < 4.78 is 5.06. The molecule has 1 atom stereocenters. The molecule has 6 nitrogen and oxygen atoms in total. The summed E-state index contributed by atoms with van der Waals surface area (Å²) in [4.78, 5) is 22.7. The van der Waals surface area contributed by atoms with Crippen LogP contribution in [0.15, 0.2) is 0 Å². The van der Waals surface area contributed by atoms with Crippen LogP contribution in [0.3, 0.4) is 0 Å². The molecule has 1 aliphatic rings. The van der Waals surface area contributed by atoms with E-state index in [0.717, 1.165) is 12.8 Å². The molecule has 20 heavy (non-hydrogen) atoms. The van der Waals surface area contributed by atoms with Gasteiger partial charge in [-0.15, -0.1) is 0 Å². The molecule has 116 valence electrons. The van der Waals surface area contributed by atoms with Crippen LogP contribution in [-0.4, -0.2) is 41.4 Å². The summed E-state index contributed by atoms with van der Waals surface area (Å²) in [6, 6.07) is -0.426. The lowest BCUT2D eigenvalue weighted by atomic mass is 10.2. The van der Waals surface area contributed by atoms with Gasteiger partial charge in [-0.2, -0.15) is 0 Å². The molecular formula is C14H26N2O4. The smallest absolute Gasteiger partial charge is 0.408 e. The molecule has 0 radical (unpaired) electrons. The highest BCUT2D eigenvalue weighted by Crippen LogP contribution is 2.17. The van der Waals surface area contributed by atoms with E-state index in [-0.39, 0.29) is 0 Å². The minimum atomic E-state index is -1.04. The van der Waals surface area contributed by atoms with E-state index in [4.69, 9.17) is 9.84 Å². The molecule has 1 fully saturated rings. The molecule has 1 rings (SSSR count). The number of rotatable bonds is 6. The average molecular weight is 286 g/mol. The Hall–Kier alpha value is -1.30. The third kappa shape index (κ3) is 6.75. The highest BCUT2D eigenvalue weighted by Gasteiger charge is 2.24. The Morgan fingerprint density at radius 2 is 1.90 bits per heavy atom. The van der Waals surface area contributed by atoms with E-state index >= 15 is 0 Å². The molecule has 0 aromatic rings. The number of alkyl carbamates (subject to hydrolysis) is 1. The van der Waals surface area contributed by atoms with Gasteiger partial charge in [0.25, 0.3) is 0 Å². The van der Waals surface area contributed by atoms with Crippen LogP contribution in [0.4, 0.5) is 4.79 Å². The Labute approximate surface area is 120 Å². The van der Waals surface area contributed by atoms with Gasteiger partial charge in [-0.3, -0.25) is 0 Å². The molecule has 0 aliphatic heterocycles. The number of ether oxygens (including phenoxy) is 1. The molecule has 0 aromatic carbocycles. The van der Waals surface area contributed by atoms with Crippen LogP contribution in [0.25, 0.3) is 0 Å². The second-order valence-corrected chi connectivity index (χ2v) is 6.26. The molecule has 6 heteroatoms. The molecule has 1 aliphatic carbocycles. The molecular weight excluding hydrogens is 260 g/mol. The molecule has 0 heterocycles. The highest BCUT2D eigenvalue weighted by molar-refractivity contribution is 5.79. The van der Waals surface area contributed by atoms with Crippen molar-refractivity contribution in [1.29, 1.82) is 0 Å². The molecule has 0 aromatic heterocycles. The third-order valence-electron chi connectivity index (χ3n) is 3.21. The van der Waals surface area contributed by atoms with Crippen LogP contribution in [-0.2, 0) is 9.53 Å². The highest BCUT2D eigenvalue weighted by atomic mass is 16.6. The van der Waals surface area contributed by atoms with Gasteiger partial charge in [-0.1, -0.05) is 12.8 Å². The summed E-state index contributed by atoms with van der Waals surface area (Å²) in [5.74, 6) is -1.04. The van der Waals surface area contributed by atoms with E-state index in [1.54, 1.807) is 20.8 Å². The number of amides is 1. The molecule has 0 spiro atoms. The fourth-order valence-electron chi connectivity index (χ4n) is 2.27. The maximum absolute atomic E-state index is 11.6. The van der Waals surface area contributed by atoms with Gasteiger partial charge in [-0.05, 0) is 46.6 Å². The molecule has 0 bridgehead atoms. The van der Waals surface area contributed by atoms with E-state index in [1.807, 2.05) is 0 Å². The second kappa shape index (κ2) is 7.47. The fraction of sp³-hybridized carbons (Fsp3) is 0.857. The zero-order valence-corrected chi connectivity index (χ0v) is 12.6. The van der Waals surface area contributed by atoms with Crippen molar-refractivity contribution in [1.82, 2.24) is 10.6 Å². The van der Waals surface area contributed by atoms with Gasteiger partial charge in [0.1, 0.15) is 11.6 Å². The zero-order chi connectivity index (χ0) is 15.2. The van der Waals surface area contributed by atoms with Crippen molar-refractivity contribution in [2.75, 3.05) is 6.54 Å². The van der Waals surface area contributed by atoms with Gasteiger partial charge >= 0.3 is 12.1 Å². The molecule has 1 saturated carbocycles. The van der Waals surface area contributed by atoms with Crippen molar-refractivity contribution >= 4 is 12.1 Å². The number of carboxylic acids is 1. The predicted molar refractivity (Wildman–Crippen MR) is 75.7 cm³/mol. The van der Waals surface area contributed by atoms with E-state index < -0.39 is 23.7 Å². The van der Waals surface area contributed by atoms with E-state index in [9.17, 15) is 9.59 Å². The van der Waals surface area contributed by atoms with Crippen LogP contribution < -0.4 is 10.6 Å². The fourth-order valence-corrected chi connectivity index (χ4v) is 2.27. The van der Waals surface area contributed by atoms with Gasteiger partial charge < -0.3 is 20.5 Å². The molecule has 3 N–H and O–H groups in total. The third-order valence-corrected chi connectivity index (χ3v) is 3.21. The topological polar surface area (TPSA) is 87.7 Å². The number of aliphatic carboxylic acids is 1. The van der Waals surface area contributed by atoms with Crippen molar-refractivity contribution in [2.24, 2.45) is 0 Å². The van der Waals surface area contributed by atoms with E-state index in [2.05, 4.69) is 10.6 Å². The lowest BCUT2D eigenvalue weighted by Gasteiger charge is -2.22. The summed E-state index contributed by atoms with van der Waals surface area (Å²) in [6.07, 6.45) is 4.43. The molecule has 1 amide bonds. The first-order valence-electron chi connectivity index (χ1n) is 7.23. The number of hydrogen-bond acceptors (Lipinski definition) is 4. The van der Waals surface area contributed by atoms with Crippen molar-refractivity contribution < 1.29 is 19.4 Å². The van der Waals surface area contributed by atoms with Crippen molar-refractivity contribution in [3.05, 3.63) is 0 Å². The summed E-state index contributed by atoms with van der Waals surface area (Å²) in [5.41, 5.74) is -0.630. The van der Waals surface area contributed by atoms with Crippen LogP contribution >= 0.6 is 0 Å². The monoisotopic (exact) mass is 286 g/mol. The zero-order valence-electron chi connectivity index (χ0n) is 12.6. The first kappa shape index (κ1) is 16.8. The SMILES string of the molecule is CC(C)(C)OC(=O)N[C@@H](CCNC1CCCC1)C(=O)O. The number of hydrogen-bond donors (Lipinski definition) is 3. The minimum absolute atomic E-state index is 0.352. The number of nitrogens with one attached hydrogen (secondary N) is 2. The maximum Gasteiger partial charge on any atom is 0.408 e. The number of carbonyl (C=O) groups is 2. The Morgan fingerprint density at radius 1 is 1.30 bits per heavy atom. The lowest BCUT2D eigenvalue weighted by Crippen LogP contribution is -2.45. The van der Waals surface area contributed by atoms with Gasteiger partial charge in [0.05, 0.1) is 0 Å². The normalized spacial score (nSPS) is 17.8. The van der Waals surface area contributed by atoms with Crippen molar-refractivity contribution in [3.8, 4) is 0 Å². The molecule has 0 saturated heterocycles. The average Bonchev–Trinajstić information content (AvgIpc) is 2.77.